The fourth-order valence-corrected chi connectivity index (χ4v) is 5.38. The normalized spacial score (nSPS) is 14.0. The summed E-state index contributed by atoms with van der Waals surface area (Å²) in [5.41, 5.74) is 5.44. The predicted molar refractivity (Wildman–Crippen MR) is 141 cm³/mol. The van der Waals surface area contributed by atoms with Gasteiger partial charge in [0.05, 0.1) is 21.7 Å². The Morgan fingerprint density at radius 3 is 2.14 bits per heavy atom. The summed E-state index contributed by atoms with van der Waals surface area (Å²) in [5.74, 6) is -0.737. The maximum atomic E-state index is 12.4. The number of ether oxygens (including phenoxy) is 1. The second-order valence-electron chi connectivity index (χ2n) is 9.05. The molecule has 5 rings (SSSR count). The van der Waals surface area contributed by atoms with Crippen molar-refractivity contribution < 1.29 is 19.4 Å². The van der Waals surface area contributed by atoms with Crippen molar-refractivity contribution in [2.24, 2.45) is 0 Å². The predicted octanol–water partition coefficient (Wildman–Crippen LogP) is 7.04. The molecule has 4 aromatic rings. The maximum Gasteiger partial charge on any atom is 0.412 e. The van der Waals surface area contributed by atoms with Gasteiger partial charge >= 0.3 is 12.1 Å². The van der Waals surface area contributed by atoms with Gasteiger partial charge in [-0.3, -0.25) is 10.1 Å². The summed E-state index contributed by atoms with van der Waals surface area (Å²) in [6.07, 6.45) is 1.82. The molecular weight excluding hydrogens is 472 g/mol. The van der Waals surface area contributed by atoms with E-state index in [2.05, 4.69) is 9.69 Å². The van der Waals surface area contributed by atoms with Crippen LogP contribution in [0.4, 0.5) is 10.5 Å². The quantitative estimate of drug-likeness (QED) is 0.285. The summed E-state index contributed by atoms with van der Waals surface area (Å²) < 4.78 is 9.80. The lowest BCUT2D eigenvalue weighted by Gasteiger charge is -2.38. The number of aromatic nitrogens is 1. The van der Waals surface area contributed by atoms with E-state index in [1.165, 1.54) is 11.5 Å². The highest BCUT2D eigenvalue weighted by Crippen LogP contribution is 2.44. The molecule has 6 nitrogen and oxygen atoms in total. The van der Waals surface area contributed by atoms with Crippen LogP contribution in [0, 0.1) is 6.92 Å². The van der Waals surface area contributed by atoms with Crippen LogP contribution in [-0.2, 0) is 21.6 Å². The number of aryl methyl sites for hydroxylation is 1. The molecule has 0 atom stereocenters. The minimum atomic E-state index is -0.737. The van der Waals surface area contributed by atoms with Gasteiger partial charge in [0.15, 0.2) is 0 Å². The Labute approximate surface area is 213 Å². The molecule has 0 radical (unpaired) electrons. The van der Waals surface area contributed by atoms with E-state index in [1.54, 1.807) is 0 Å². The molecule has 1 amide bonds. The van der Waals surface area contributed by atoms with Crippen molar-refractivity contribution >= 4 is 29.3 Å². The van der Waals surface area contributed by atoms with Crippen LogP contribution in [0.2, 0.25) is 0 Å². The zero-order chi connectivity index (χ0) is 25.1. The molecule has 1 aliphatic rings. The topological polar surface area (TPSA) is 88.5 Å². The van der Waals surface area contributed by atoms with Gasteiger partial charge in [0.2, 0.25) is 0 Å². The molecule has 0 spiro atoms. The van der Waals surface area contributed by atoms with Gasteiger partial charge in [0.1, 0.15) is 6.61 Å². The second kappa shape index (κ2) is 9.95. The SMILES string of the molecule is Cc1nsc(-c2ccc(-c3ccc(C4(C(=O)O)CCC4)cc3)cc2)c1NC(=O)OCc1ccccc1. The molecule has 7 heteroatoms. The lowest BCUT2D eigenvalue weighted by Crippen LogP contribution is -2.42. The van der Waals surface area contributed by atoms with Crippen molar-refractivity contribution in [3.8, 4) is 21.6 Å². The molecule has 0 bridgehead atoms. The molecule has 0 unspecified atom stereocenters. The van der Waals surface area contributed by atoms with Crippen LogP contribution < -0.4 is 5.32 Å². The van der Waals surface area contributed by atoms with Crippen molar-refractivity contribution in [1.29, 1.82) is 0 Å². The Bertz CT molecular complexity index is 1380. The van der Waals surface area contributed by atoms with E-state index in [4.69, 9.17) is 4.74 Å². The van der Waals surface area contributed by atoms with Gasteiger partial charge in [0, 0.05) is 0 Å². The highest BCUT2D eigenvalue weighted by molar-refractivity contribution is 7.10. The molecule has 182 valence electrons. The fraction of sp³-hybridized carbons (Fsp3) is 0.207. The number of amides is 1. The molecule has 1 fully saturated rings. The summed E-state index contributed by atoms with van der Waals surface area (Å²) in [6.45, 7) is 2.05. The number of carbonyl (C=O) groups is 2. The summed E-state index contributed by atoms with van der Waals surface area (Å²) in [7, 11) is 0. The number of aliphatic carboxylic acids is 1. The number of carboxylic acid groups (broad SMARTS) is 1. The Kier molecular flexibility index (Phi) is 6.57. The maximum absolute atomic E-state index is 12.4. The molecule has 1 aliphatic carbocycles. The number of nitrogens with one attached hydrogen (secondary N) is 1. The number of benzene rings is 3. The number of hydrogen-bond donors (Lipinski definition) is 2. The molecule has 1 aromatic heterocycles. The third kappa shape index (κ3) is 4.62. The third-order valence-electron chi connectivity index (χ3n) is 6.84. The number of nitrogens with zero attached hydrogens (tertiary/aromatic N) is 1. The summed E-state index contributed by atoms with van der Waals surface area (Å²) in [4.78, 5) is 25.1. The van der Waals surface area contributed by atoms with Crippen LogP contribution in [0.3, 0.4) is 0 Å². The van der Waals surface area contributed by atoms with Gasteiger partial charge in [-0.2, -0.15) is 4.37 Å². The summed E-state index contributed by atoms with van der Waals surface area (Å²) >= 11 is 1.33. The minimum absolute atomic E-state index is 0.194. The van der Waals surface area contributed by atoms with Gasteiger partial charge in [-0.25, -0.2) is 4.79 Å². The first-order valence-electron chi connectivity index (χ1n) is 11.8. The van der Waals surface area contributed by atoms with Crippen LogP contribution in [0.25, 0.3) is 21.6 Å². The Hall–Kier alpha value is -3.97. The Morgan fingerprint density at radius 2 is 1.56 bits per heavy atom. The van der Waals surface area contributed by atoms with E-state index < -0.39 is 17.5 Å². The molecule has 1 saturated carbocycles. The molecule has 3 aromatic carbocycles. The lowest BCUT2D eigenvalue weighted by atomic mass is 9.64. The Morgan fingerprint density at radius 1 is 0.944 bits per heavy atom. The highest BCUT2D eigenvalue weighted by Gasteiger charge is 2.45. The Balaban J connectivity index is 1.29. The number of rotatable bonds is 7. The molecule has 2 N–H and O–H groups in total. The first kappa shape index (κ1) is 23.8. The average molecular weight is 499 g/mol. The monoisotopic (exact) mass is 498 g/mol. The first-order valence-corrected chi connectivity index (χ1v) is 12.6. The van der Waals surface area contributed by atoms with Crippen LogP contribution in [-0.4, -0.2) is 21.5 Å². The van der Waals surface area contributed by atoms with Crippen LogP contribution >= 0.6 is 11.5 Å². The van der Waals surface area contributed by atoms with Gasteiger partial charge in [0.25, 0.3) is 0 Å². The average Bonchev–Trinajstić information content (AvgIpc) is 3.23. The smallest absolute Gasteiger partial charge is 0.412 e. The standard InChI is InChI=1S/C29H26N2O4S/c1-19-25(30-28(34)35-18-20-6-3-2-4-7-20)26(36-31-19)23-10-8-21(9-11-23)22-12-14-24(15-13-22)29(27(32)33)16-5-17-29/h2-4,6-15H,5,16-18H2,1H3,(H,30,34)(H,32,33). The van der Waals surface area contributed by atoms with Crippen molar-refractivity contribution in [3.05, 3.63) is 95.7 Å². The fourth-order valence-electron chi connectivity index (χ4n) is 4.53. The van der Waals surface area contributed by atoms with E-state index in [1.807, 2.05) is 85.8 Å². The van der Waals surface area contributed by atoms with Gasteiger partial charge < -0.3 is 9.84 Å². The highest BCUT2D eigenvalue weighted by atomic mass is 32.1. The molecule has 36 heavy (non-hydrogen) atoms. The van der Waals surface area contributed by atoms with Crippen molar-refractivity contribution in [2.45, 2.75) is 38.2 Å². The van der Waals surface area contributed by atoms with Crippen LogP contribution in [0.5, 0.6) is 0 Å². The van der Waals surface area contributed by atoms with Gasteiger partial charge in [-0.05, 0) is 59.1 Å². The van der Waals surface area contributed by atoms with Crippen molar-refractivity contribution in [2.75, 3.05) is 5.32 Å². The lowest BCUT2D eigenvalue weighted by molar-refractivity contribution is -0.147. The number of hydrogen-bond acceptors (Lipinski definition) is 5. The van der Waals surface area contributed by atoms with Crippen molar-refractivity contribution in [1.82, 2.24) is 4.37 Å². The van der Waals surface area contributed by atoms with Crippen LogP contribution in [0.1, 0.15) is 36.1 Å². The van der Waals surface area contributed by atoms with Crippen LogP contribution in [0.15, 0.2) is 78.9 Å². The third-order valence-corrected chi connectivity index (χ3v) is 7.82. The molecule has 0 aliphatic heterocycles. The zero-order valence-corrected chi connectivity index (χ0v) is 20.7. The zero-order valence-electron chi connectivity index (χ0n) is 19.9. The minimum Gasteiger partial charge on any atom is -0.481 e. The summed E-state index contributed by atoms with van der Waals surface area (Å²) in [5, 5.41) is 12.5. The van der Waals surface area contributed by atoms with E-state index in [9.17, 15) is 14.7 Å². The number of carbonyl (C=O) groups excluding carboxylic acids is 1. The molecule has 0 saturated heterocycles. The van der Waals surface area contributed by atoms with Gasteiger partial charge in [-0.15, -0.1) is 0 Å². The largest absolute Gasteiger partial charge is 0.481 e. The van der Waals surface area contributed by atoms with E-state index in [0.29, 0.717) is 18.5 Å². The second-order valence-corrected chi connectivity index (χ2v) is 9.83. The first-order chi connectivity index (χ1) is 17.5. The van der Waals surface area contributed by atoms with Crippen molar-refractivity contribution in [3.63, 3.8) is 0 Å². The van der Waals surface area contributed by atoms with E-state index >= 15 is 0 Å². The number of carboxylic acids is 1. The molecular formula is C29H26N2O4S. The summed E-state index contributed by atoms with van der Waals surface area (Å²) in [6, 6.07) is 25.4. The van der Waals surface area contributed by atoms with E-state index in [-0.39, 0.29) is 6.61 Å². The molecule has 1 heterocycles. The van der Waals surface area contributed by atoms with Gasteiger partial charge in [-0.1, -0.05) is 85.3 Å². The van der Waals surface area contributed by atoms with E-state index in [0.717, 1.165) is 44.8 Å². The number of anilines is 1.